The molecule has 2 N–H and O–H groups in total. The zero-order chi connectivity index (χ0) is 23.2. The van der Waals surface area contributed by atoms with Crippen LogP contribution in [0.2, 0.25) is 0 Å². The number of methoxy groups -OCH3 is 1. The number of halogens is 1. The topological polar surface area (TPSA) is 105 Å². The molecule has 174 valence electrons. The Morgan fingerprint density at radius 1 is 1.38 bits per heavy atom. The lowest BCUT2D eigenvalue weighted by Crippen LogP contribution is -2.54. The van der Waals surface area contributed by atoms with E-state index >= 15 is 0 Å². The summed E-state index contributed by atoms with van der Waals surface area (Å²) in [5.41, 5.74) is 0.578. The Balaban J connectivity index is 1.71. The Kier molecular flexibility index (Phi) is 6.48. The van der Waals surface area contributed by atoms with Gasteiger partial charge in [-0.15, -0.1) is 11.8 Å². The summed E-state index contributed by atoms with van der Waals surface area (Å²) in [6.07, 6.45) is 0.573. The Morgan fingerprint density at radius 2 is 2.06 bits per heavy atom. The fourth-order valence-electron chi connectivity index (χ4n) is 5.32. The van der Waals surface area contributed by atoms with Gasteiger partial charge in [-0.05, 0) is 44.5 Å². The highest BCUT2D eigenvalue weighted by atomic mass is 79.9. The summed E-state index contributed by atoms with van der Waals surface area (Å²) >= 11 is 5.22. The number of likely N-dealkylation sites (tertiary alicyclic amines) is 1. The molecule has 0 aromatic heterocycles. The smallest absolute Gasteiger partial charge is 0.310 e. The number of rotatable bonds is 7. The Labute approximate surface area is 199 Å². The van der Waals surface area contributed by atoms with Gasteiger partial charge in [0.1, 0.15) is 11.8 Å². The standard InChI is InChI=1S/C22H27BrN2O6S/c1-4-31-21(29)15-16-20(28)25(11(2)10-26)18(22(16)9-14(23)17(15)32-22)19(27)24-12-5-7-13(30-3)8-6-12/h5-8,11,14-18,26H,4,9-10H2,1-3H3,(H,24,27)/t11-,14?,15-,16+,17-,18?,22?/m1/s1. The normalized spacial score (nSPS) is 33.7. The van der Waals surface area contributed by atoms with Crippen LogP contribution < -0.4 is 10.1 Å². The number of anilines is 1. The summed E-state index contributed by atoms with van der Waals surface area (Å²) in [5, 5.41) is 12.6. The van der Waals surface area contributed by atoms with Gasteiger partial charge in [0, 0.05) is 15.8 Å². The van der Waals surface area contributed by atoms with Crippen molar-refractivity contribution < 1.29 is 29.0 Å². The molecule has 1 aromatic rings. The minimum Gasteiger partial charge on any atom is -0.497 e. The van der Waals surface area contributed by atoms with Gasteiger partial charge in [0.15, 0.2) is 0 Å². The number of alkyl halides is 1. The number of aliphatic hydroxyl groups is 1. The average Bonchev–Trinajstić information content (AvgIpc) is 3.37. The summed E-state index contributed by atoms with van der Waals surface area (Å²) in [7, 11) is 1.57. The van der Waals surface area contributed by atoms with Gasteiger partial charge in [-0.2, -0.15) is 0 Å². The molecule has 8 nitrogen and oxygen atoms in total. The van der Waals surface area contributed by atoms with Crippen molar-refractivity contribution in [1.29, 1.82) is 0 Å². The van der Waals surface area contributed by atoms with Gasteiger partial charge < -0.3 is 24.8 Å². The molecule has 1 aromatic carbocycles. The molecule has 2 bridgehead atoms. The molecular weight excluding hydrogens is 500 g/mol. The van der Waals surface area contributed by atoms with Crippen LogP contribution in [0.5, 0.6) is 5.75 Å². The van der Waals surface area contributed by atoms with Crippen molar-refractivity contribution in [3.05, 3.63) is 24.3 Å². The van der Waals surface area contributed by atoms with Crippen LogP contribution in [0, 0.1) is 11.8 Å². The van der Waals surface area contributed by atoms with Crippen LogP contribution in [0.15, 0.2) is 24.3 Å². The molecule has 7 atom stereocenters. The maximum absolute atomic E-state index is 13.6. The zero-order valence-electron chi connectivity index (χ0n) is 18.1. The molecule has 3 fully saturated rings. The van der Waals surface area contributed by atoms with E-state index < -0.39 is 34.6 Å². The van der Waals surface area contributed by atoms with Gasteiger partial charge in [0.05, 0.1) is 42.9 Å². The second-order valence-electron chi connectivity index (χ2n) is 8.41. The average molecular weight is 527 g/mol. The molecule has 0 aliphatic carbocycles. The predicted octanol–water partition coefficient (Wildman–Crippen LogP) is 2.04. The number of carbonyl (C=O) groups is 3. The van der Waals surface area contributed by atoms with E-state index in [0.717, 1.165) is 0 Å². The van der Waals surface area contributed by atoms with Crippen LogP contribution in [0.25, 0.3) is 0 Å². The molecule has 4 rings (SSSR count). The molecule has 3 aliphatic heterocycles. The lowest BCUT2D eigenvalue weighted by Gasteiger charge is -2.36. The molecule has 1 spiro atoms. The fraction of sp³-hybridized carbons (Fsp3) is 0.591. The van der Waals surface area contributed by atoms with Crippen molar-refractivity contribution in [2.75, 3.05) is 25.6 Å². The van der Waals surface area contributed by atoms with E-state index in [1.807, 2.05) is 0 Å². The van der Waals surface area contributed by atoms with Gasteiger partial charge in [-0.3, -0.25) is 14.4 Å². The summed E-state index contributed by atoms with van der Waals surface area (Å²) in [6, 6.07) is 5.56. The van der Waals surface area contributed by atoms with E-state index in [4.69, 9.17) is 9.47 Å². The number of nitrogens with zero attached hydrogens (tertiary/aromatic N) is 1. The number of aliphatic hydroxyl groups excluding tert-OH is 1. The van der Waals surface area contributed by atoms with Crippen molar-refractivity contribution >= 4 is 51.2 Å². The number of hydrogen-bond donors (Lipinski definition) is 2. The Hall–Kier alpha value is -1.78. The molecule has 3 saturated heterocycles. The van der Waals surface area contributed by atoms with Gasteiger partial charge in [0.25, 0.3) is 0 Å². The van der Waals surface area contributed by atoms with Crippen LogP contribution >= 0.6 is 27.7 Å². The van der Waals surface area contributed by atoms with Crippen LogP contribution in [-0.4, -0.2) is 75.0 Å². The van der Waals surface area contributed by atoms with Crippen molar-refractivity contribution in [3.8, 4) is 5.75 Å². The number of benzene rings is 1. The number of esters is 1. The van der Waals surface area contributed by atoms with Crippen LogP contribution in [-0.2, 0) is 19.1 Å². The van der Waals surface area contributed by atoms with E-state index in [9.17, 15) is 19.5 Å². The highest BCUT2D eigenvalue weighted by Gasteiger charge is 2.76. The Bertz CT molecular complexity index is 914. The first-order valence-electron chi connectivity index (χ1n) is 10.7. The van der Waals surface area contributed by atoms with Crippen molar-refractivity contribution in [2.45, 2.75) is 47.2 Å². The van der Waals surface area contributed by atoms with Crippen LogP contribution in [0.3, 0.4) is 0 Å². The van der Waals surface area contributed by atoms with Gasteiger partial charge in [0.2, 0.25) is 11.8 Å². The predicted molar refractivity (Wildman–Crippen MR) is 124 cm³/mol. The summed E-state index contributed by atoms with van der Waals surface area (Å²) in [6.45, 7) is 3.40. The molecule has 0 radical (unpaired) electrons. The summed E-state index contributed by atoms with van der Waals surface area (Å²) in [4.78, 5) is 41.6. The maximum atomic E-state index is 13.6. The van der Waals surface area contributed by atoms with Gasteiger partial charge >= 0.3 is 5.97 Å². The molecule has 3 heterocycles. The number of thioether (sulfide) groups is 1. The second kappa shape index (κ2) is 8.87. The molecular formula is C22H27BrN2O6S. The van der Waals surface area contributed by atoms with Crippen LogP contribution in [0.4, 0.5) is 5.69 Å². The molecule has 0 saturated carbocycles. The van der Waals surface area contributed by atoms with E-state index in [-0.39, 0.29) is 35.1 Å². The lowest BCUT2D eigenvalue weighted by atomic mass is 9.71. The summed E-state index contributed by atoms with van der Waals surface area (Å²) < 4.78 is 9.71. The molecule has 2 amide bonds. The number of ether oxygens (including phenoxy) is 2. The zero-order valence-corrected chi connectivity index (χ0v) is 20.5. The van der Waals surface area contributed by atoms with E-state index in [1.54, 1.807) is 45.2 Å². The highest BCUT2D eigenvalue weighted by molar-refractivity contribution is 9.09. The number of fused-ring (bicyclic) bond motifs is 1. The van der Waals surface area contributed by atoms with Gasteiger partial charge in [-0.25, -0.2) is 0 Å². The second-order valence-corrected chi connectivity index (χ2v) is 11.1. The highest BCUT2D eigenvalue weighted by Crippen LogP contribution is 2.68. The van der Waals surface area contributed by atoms with E-state index in [1.165, 1.54) is 16.7 Å². The molecule has 3 unspecified atom stereocenters. The Morgan fingerprint density at radius 3 is 2.66 bits per heavy atom. The van der Waals surface area contributed by atoms with E-state index in [0.29, 0.717) is 17.9 Å². The number of amides is 2. The molecule has 32 heavy (non-hydrogen) atoms. The lowest BCUT2D eigenvalue weighted by molar-refractivity contribution is -0.154. The quantitative estimate of drug-likeness (QED) is 0.413. The minimum absolute atomic E-state index is 0.0216. The monoisotopic (exact) mass is 526 g/mol. The third kappa shape index (κ3) is 3.51. The van der Waals surface area contributed by atoms with Crippen molar-refractivity contribution in [3.63, 3.8) is 0 Å². The molecule has 10 heteroatoms. The number of nitrogens with one attached hydrogen (secondary N) is 1. The minimum atomic E-state index is -0.821. The van der Waals surface area contributed by atoms with E-state index in [2.05, 4.69) is 21.2 Å². The van der Waals surface area contributed by atoms with Gasteiger partial charge in [-0.1, -0.05) is 15.9 Å². The van der Waals surface area contributed by atoms with Crippen LogP contribution in [0.1, 0.15) is 20.3 Å². The summed E-state index contributed by atoms with van der Waals surface area (Å²) in [5.74, 6) is -1.62. The molecule has 3 aliphatic rings. The maximum Gasteiger partial charge on any atom is 0.310 e. The largest absolute Gasteiger partial charge is 0.497 e. The SMILES string of the molecule is CCOC(=O)[C@H]1[C@@H]2SC3(CC2Br)C(C(=O)Nc2ccc(OC)cc2)N([C@H](C)CO)C(=O)[C@H]13. The third-order valence-corrected chi connectivity index (χ3v) is 9.85. The fourth-order valence-corrected chi connectivity index (χ4v) is 8.91. The third-order valence-electron chi connectivity index (χ3n) is 6.63. The number of carbonyl (C=O) groups excluding carboxylic acids is 3. The first-order valence-corrected chi connectivity index (χ1v) is 12.4. The first kappa shape index (κ1) is 23.4. The van der Waals surface area contributed by atoms with Crippen molar-refractivity contribution in [2.24, 2.45) is 11.8 Å². The number of hydrogen-bond acceptors (Lipinski definition) is 7. The van der Waals surface area contributed by atoms with Crippen molar-refractivity contribution in [1.82, 2.24) is 4.90 Å². The first-order chi connectivity index (χ1) is 15.3.